The number of rotatable bonds is 6. The summed E-state index contributed by atoms with van der Waals surface area (Å²) in [6.45, 7) is 0.388. The minimum atomic E-state index is 0.388. The molecule has 7 heteroatoms. The molecule has 0 unspecified atom stereocenters. The summed E-state index contributed by atoms with van der Waals surface area (Å²) in [6.07, 6.45) is 0. The largest absolute Gasteiger partial charge is 0.493 e. The molecule has 0 aliphatic carbocycles. The van der Waals surface area contributed by atoms with Crippen molar-refractivity contribution in [3.63, 3.8) is 0 Å². The van der Waals surface area contributed by atoms with Crippen LogP contribution in [0.1, 0.15) is 5.82 Å². The number of aryl methyl sites for hydroxylation is 1. The molecule has 1 aromatic heterocycles. The molecule has 21 heavy (non-hydrogen) atoms. The van der Waals surface area contributed by atoms with Gasteiger partial charge in [0.2, 0.25) is 5.75 Å². The Balaban J connectivity index is 2.55. The van der Waals surface area contributed by atoms with Crippen LogP contribution in [-0.4, -0.2) is 43.2 Å². The fraction of sp³-hybridized carbons (Fsp3) is 0.429. The van der Waals surface area contributed by atoms with E-state index < -0.39 is 0 Å². The zero-order valence-corrected chi connectivity index (χ0v) is 12.8. The molecule has 0 radical (unpaired) electrons. The van der Waals surface area contributed by atoms with E-state index in [0.29, 0.717) is 29.7 Å². The van der Waals surface area contributed by atoms with Gasteiger partial charge in [-0.25, -0.2) is 4.98 Å². The SMILES string of the molecule is COCc1nc(-c2ccc(OC)c(OC)c2OC)nn1C. The Morgan fingerprint density at radius 2 is 1.71 bits per heavy atom. The number of benzene rings is 1. The van der Waals surface area contributed by atoms with E-state index in [0.717, 1.165) is 11.4 Å². The van der Waals surface area contributed by atoms with Gasteiger partial charge in [-0.1, -0.05) is 0 Å². The monoisotopic (exact) mass is 293 g/mol. The van der Waals surface area contributed by atoms with Crippen molar-refractivity contribution in [2.75, 3.05) is 28.4 Å². The molecule has 0 saturated heterocycles. The van der Waals surface area contributed by atoms with Gasteiger partial charge in [0, 0.05) is 14.2 Å². The van der Waals surface area contributed by atoms with Gasteiger partial charge in [0.05, 0.1) is 26.9 Å². The van der Waals surface area contributed by atoms with E-state index in [1.54, 1.807) is 39.2 Å². The molecule has 1 aromatic carbocycles. The maximum Gasteiger partial charge on any atom is 0.204 e. The first-order valence-corrected chi connectivity index (χ1v) is 6.34. The standard InChI is InChI=1S/C14H19N3O4/c1-17-11(8-18-2)15-14(16-17)9-6-7-10(19-3)13(21-5)12(9)20-4/h6-7H,8H2,1-5H3. The summed E-state index contributed by atoms with van der Waals surface area (Å²) in [4.78, 5) is 4.46. The molecule has 0 bridgehead atoms. The highest BCUT2D eigenvalue weighted by atomic mass is 16.5. The molecule has 114 valence electrons. The Morgan fingerprint density at radius 3 is 2.29 bits per heavy atom. The van der Waals surface area contributed by atoms with Gasteiger partial charge in [0.1, 0.15) is 6.61 Å². The van der Waals surface area contributed by atoms with Gasteiger partial charge in [-0.05, 0) is 12.1 Å². The summed E-state index contributed by atoms with van der Waals surface area (Å²) in [7, 11) is 8.14. The first-order valence-electron chi connectivity index (χ1n) is 6.34. The van der Waals surface area contributed by atoms with Crippen molar-refractivity contribution in [2.24, 2.45) is 7.05 Å². The molecule has 0 amide bonds. The second-order valence-corrected chi connectivity index (χ2v) is 4.29. The Kier molecular flexibility index (Phi) is 4.64. The molecule has 0 saturated carbocycles. The Bertz CT molecular complexity index is 625. The number of hydrogen-bond acceptors (Lipinski definition) is 6. The highest BCUT2D eigenvalue weighted by Crippen LogP contribution is 2.43. The first-order chi connectivity index (χ1) is 10.2. The molecular weight excluding hydrogens is 274 g/mol. The lowest BCUT2D eigenvalue weighted by Gasteiger charge is -2.14. The molecule has 0 aliphatic heterocycles. The second-order valence-electron chi connectivity index (χ2n) is 4.29. The van der Waals surface area contributed by atoms with Crippen LogP contribution in [0.25, 0.3) is 11.4 Å². The van der Waals surface area contributed by atoms with Crippen molar-refractivity contribution in [3.8, 4) is 28.6 Å². The van der Waals surface area contributed by atoms with E-state index in [1.165, 1.54) is 0 Å². The average molecular weight is 293 g/mol. The van der Waals surface area contributed by atoms with Crippen LogP contribution >= 0.6 is 0 Å². The van der Waals surface area contributed by atoms with Gasteiger partial charge in [-0.2, -0.15) is 5.10 Å². The van der Waals surface area contributed by atoms with Crippen LogP contribution in [0.2, 0.25) is 0 Å². The number of hydrogen-bond donors (Lipinski definition) is 0. The lowest BCUT2D eigenvalue weighted by atomic mass is 10.1. The van der Waals surface area contributed by atoms with E-state index in [2.05, 4.69) is 10.1 Å². The smallest absolute Gasteiger partial charge is 0.204 e. The van der Waals surface area contributed by atoms with Gasteiger partial charge < -0.3 is 18.9 Å². The summed E-state index contributed by atoms with van der Waals surface area (Å²) < 4.78 is 22.9. The lowest BCUT2D eigenvalue weighted by Crippen LogP contribution is -2.00. The van der Waals surface area contributed by atoms with E-state index >= 15 is 0 Å². The molecule has 2 aromatic rings. The summed E-state index contributed by atoms with van der Waals surface area (Å²) in [5, 5.41) is 4.39. The van der Waals surface area contributed by atoms with Crippen LogP contribution in [0.3, 0.4) is 0 Å². The van der Waals surface area contributed by atoms with Crippen molar-refractivity contribution in [2.45, 2.75) is 6.61 Å². The predicted molar refractivity (Wildman–Crippen MR) is 76.8 cm³/mol. The third-order valence-electron chi connectivity index (χ3n) is 3.07. The third-order valence-corrected chi connectivity index (χ3v) is 3.07. The zero-order valence-electron chi connectivity index (χ0n) is 12.8. The fourth-order valence-corrected chi connectivity index (χ4v) is 2.06. The highest BCUT2D eigenvalue weighted by molar-refractivity contribution is 5.72. The van der Waals surface area contributed by atoms with Crippen LogP contribution in [0.15, 0.2) is 12.1 Å². The lowest BCUT2D eigenvalue weighted by molar-refractivity contribution is 0.174. The highest BCUT2D eigenvalue weighted by Gasteiger charge is 2.20. The summed E-state index contributed by atoms with van der Waals surface area (Å²) in [5.41, 5.74) is 0.730. The van der Waals surface area contributed by atoms with Crippen molar-refractivity contribution in [3.05, 3.63) is 18.0 Å². The van der Waals surface area contributed by atoms with Gasteiger partial charge in [-0.15, -0.1) is 0 Å². The number of methoxy groups -OCH3 is 4. The fourth-order valence-electron chi connectivity index (χ4n) is 2.06. The van der Waals surface area contributed by atoms with Crippen LogP contribution in [0.5, 0.6) is 17.2 Å². The number of aromatic nitrogens is 3. The molecule has 0 fully saturated rings. The Morgan fingerprint density at radius 1 is 1.00 bits per heavy atom. The molecule has 0 N–H and O–H groups in total. The second kappa shape index (κ2) is 6.45. The first kappa shape index (κ1) is 15.1. The number of nitrogens with zero attached hydrogens (tertiary/aromatic N) is 3. The minimum absolute atomic E-state index is 0.388. The molecular formula is C14H19N3O4. The van der Waals surface area contributed by atoms with E-state index in [9.17, 15) is 0 Å². The minimum Gasteiger partial charge on any atom is -0.493 e. The molecule has 0 spiro atoms. The molecule has 0 aliphatic rings. The summed E-state index contributed by atoms with van der Waals surface area (Å²) in [5.74, 6) is 2.91. The van der Waals surface area contributed by atoms with Crippen molar-refractivity contribution in [1.82, 2.24) is 14.8 Å². The van der Waals surface area contributed by atoms with Crippen LogP contribution in [0.4, 0.5) is 0 Å². The van der Waals surface area contributed by atoms with Gasteiger partial charge in [-0.3, -0.25) is 4.68 Å². The van der Waals surface area contributed by atoms with Gasteiger partial charge in [0.15, 0.2) is 23.1 Å². The maximum atomic E-state index is 5.45. The normalized spacial score (nSPS) is 10.5. The van der Waals surface area contributed by atoms with Crippen LogP contribution in [-0.2, 0) is 18.4 Å². The van der Waals surface area contributed by atoms with Gasteiger partial charge >= 0.3 is 0 Å². The molecule has 2 rings (SSSR count). The zero-order chi connectivity index (χ0) is 15.4. The Hall–Kier alpha value is -2.28. The Labute approximate surface area is 123 Å². The molecule has 1 heterocycles. The summed E-state index contributed by atoms with van der Waals surface area (Å²) >= 11 is 0. The van der Waals surface area contributed by atoms with Crippen LogP contribution < -0.4 is 14.2 Å². The van der Waals surface area contributed by atoms with Crippen molar-refractivity contribution in [1.29, 1.82) is 0 Å². The predicted octanol–water partition coefficient (Wildman–Crippen LogP) is 1.65. The van der Waals surface area contributed by atoms with Gasteiger partial charge in [0.25, 0.3) is 0 Å². The average Bonchev–Trinajstić information content (AvgIpc) is 2.86. The van der Waals surface area contributed by atoms with Crippen molar-refractivity contribution < 1.29 is 18.9 Å². The van der Waals surface area contributed by atoms with E-state index in [-0.39, 0.29) is 0 Å². The van der Waals surface area contributed by atoms with Crippen LogP contribution in [0, 0.1) is 0 Å². The third kappa shape index (κ3) is 2.78. The quantitative estimate of drug-likeness (QED) is 0.807. The van der Waals surface area contributed by atoms with E-state index in [1.807, 2.05) is 13.1 Å². The number of ether oxygens (including phenoxy) is 4. The van der Waals surface area contributed by atoms with E-state index in [4.69, 9.17) is 18.9 Å². The topological polar surface area (TPSA) is 67.6 Å². The molecule has 7 nitrogen and oxygen atoms in total. The maximum absolute atomic E-state index is 5.45. The molecule has 0 atom stereocenters. The summed E-state index contributed by atoms with van der Waals surface area (Å²) in [6, 6.07) is 3.63. The van der Waals surface area contributed by atoms with Crippen molar-refractivity contribution >= 4 is 0 Å².